The molecule has 3 N–H and O–H groups in total. The molecule has 2 aromatic carbocycles. The third-order valence-electron chi connectivity index (χ3n) is 2.78. The van der Waals surface area contributed by atoms with Crippen LogP contribution in [0.15, 0.2) is 47.4 Å². The van der Waals surface area contributed by atoms with Gasteiger partial charge in [-0.15, -0.1) is 0 Å². The van der Waals surface area contributed by atoms with Crippen LogP contribution in [-0.4, -0.2) is 13.4 Å². The Morgan fingerprint density at radius 3 is 2.67 bits per heavy atom. The molecule has 8 heteroatoms. The Bertz CT molecular complexity index is 922. The first-order valence-corrected chi connectivity index (χ1v) is 8.62. The molecule has 3 rings (SSSR count). The number of fused-ring (bicyclic) bond motifs is 1. The molecule has 0 atom stereocenters. The summed E-state index contributed by atoms with van der Waals surface area (Å²) in [4.78, 5) is 4.45. The van der Waals surface area contributed by atoms with E-state index in [0.29, 0.717) is 15.8 Å². The maximum absolute atomic E-state index is 11.3. The molecule has 0 spiro atoms. The van der Waals surface area contributed by atoms with E-state index in [1.165, 1.54) is 23.5 Å². The first kappa shape index (κ1) is 14.3. The summed E-state index contributed by atoms with van der Waals surface area (Å²) in [6.45, 7) is 0. The fourth-order valence-electron chi connectivity index (χ4n) is 1.84. The average Bonchev–Trinajstić information content (AvgIpc) is 2.82. The molecular weight excluding hydrogens is 330 g/mol. The van der Waals surface area contributed by atoms with Crippen LogP contribution in [0.3, 0.4) is 0 Å². The molecule has 1 heterocycles. The summed E-state index contributed by atoms with van der Waals surface area (Å²) in [5.74, 6) is 0. The summed E-state index contributed by atoms with van der Waals surface area (Å²) in [6.07, 6.45) is 0. The van der Waals surface area contributed by atoms with Gasteiger partial charge < -0.3 is 5.32 Å². The highest BCUT2D eigenvalue weighted by Crippen LogP contribution is 2.33. The number of benzene rings is 2. The van der Waals surface area contributed by atoms with Crippen LogP contribution in [0.4, 0.5) is 10.8 Å². The van der Waals surface area contributed by atoms with Crippen LogP contribution in [0.5, 0.6) is 0 Å². The molecule has 21 heavy (non-hydrogen) atoms. The molecule has 108 valence electrons. The van der Waals surface area contributed by atoms with Crippen LogP contribution in [0.1, 0.15) is 0 Å². The van der Waals surface area contributed by atoms with Gasteiger partial charge in [0, 0.05) is 5.69 Å². The lowest BCUT2D eigenvalue weighted by Crippen LogP contribution is -2.12. The van der Waals surface area contributed by atoms with E-state index in [2.05, 4.69) is 10.3 Å². The molecule has 0 aliphatic carbocycles. The molecule has 0 unspecified atom stereocenters. The van der Waals surface area contributed by atoms with Gasteiger partial charge in [0.1, 0.15) is 0 Å². The third kappa shape index (κ3) is 3.01. The van der Waals surface area contributed by atoms with Gasteiger partial charge in [-0.3, -0.25) is 0 Å². The van der Waals surface area contributed by atoms with Crippen molar-refractivity contribution in [3.63, 3.8) is 0 Å². The molecule has 0 fully saturated rings. The van der Waals surface area contributed by atoms with E-state index >= 15 is 0 Å². The van der Waals surface area contributed by atoms with Crippen LogP contribution < -0.4 is 10.5 Å². The fraction of sp³-hybridized carbons (Fsp3) is 0. The number of nitrogens with two attached hydrogens (primary N) is 1. The molecule has 0 aliphatic heterocycles. The second kappa shape index (κ2) is 5.27. The Kier molecular flexibility index (Phi) is 3.58. The molecule has 0 saturated heterocycles. The monoisotopic (exact) mass is 339 g/mol. The van der Waals surface area contributed by atoms with Crippen molar-refractivity contribution in [1.29, 1.82) is 0 Å². The van der Waals surface area contributed by atoms with Crippen molar-refractivity contribution in [3.8, 4) is 0 Å². The predicted molar refractivity (Wildman–Crippen MR) is 85.7 cm³/mol. The number of hydrogen-bond donors (Lipinski definition) is 2. The lowest BCUT2D eigenvalue weighted by Gasteiger charge is -2.04. The zero-order valence-electron chi connectivity index (χ0n) is 10.6. The van der Waals surface area contributed by atoms with Gasteiger partial charge >= 0.3 is 0 Å². The SMILES string of the molecule is NS(=O)(=O)c1cccc(Nc2nc3cccc(Cl)c3s2)c1. The van der Waals surface area contributed by atoms with E-state index in [1.54, 1.807) is 18.2 Å². The molecule has 0 amide bonds. The van der Waals surface area contributed by atoms with Crippen LogP contribution in [-0.2, 0) is 10.0 Å². The summed E-state index contributed by atoms with van der Waals surface area (Å²) in [5, 5.41) is 9.44. The summed E-state index contributed by atoms with van der Waals surface area (Å²) in [5.41, 5.74) is 1.38. The highest BCUT2D eigenvalue weighted by Gasteiger charge is 2.10. The minimum Gasteiger partial charge on any atom is -0.331 e. The van der Waals surface area contributed by atoms with E-state index in [-0.39, 0.29) is 4.90 Å². The highest BCUT2D eigenvalue weighted by atomic mass is 35.5. The van der Waals surface area contributed by atoms with Gasteiger partial charge in [0.25, 0.3) is 0 Å². The minimum atomic E-state index is -3.73. The quantitative estimate of drug-likeness (QED) is 0.766. The van der Waals surface area contributed by atoms with Crippen LogP contribution in [0.2, 0.25) is 5.02 Å². The van der Waals surface area contributed by atoms with Crippen molar-refractivity contribution in [1.82, 2.24) is 4.98 Å². The Morgan fingerprint density at radius 2 is 1.95 bits per heavy atom. The standard InChI is InChI=1S/C13H10ClN3O2S2/c14-10-5-2-6-11-12(10)20-13(17-11)16-8-3-1-4-9(7-8)21(15,18)19/h1-7H,(H,16,17)(H2,15,18,19). The van der Waals surface area contributed by atoms with Crippen molar-refractivity contribution < 1.29 is 8.42 Å². The number of aromatic nitrogens is 1. The first-order valence-electron chi connectivity index (χ1n) is 5.88. The topological polar surface area (TPSA) is 85.1 Å². The van der Waals surface area contributed by atoms with Crippen LogP contribution >= 0.6 is 22.9 Å². The number of nitrogens with one attached hydrogen (secondary N) is 1. The maximum Gasteiger partial charge on any atom is 0.238 e. The van der Waals surface area contributed by atoms with Crippen molar-refractivity contribution in [2.45, 2.75) is 4.90 Å². The predicted octanol–water partition coefficient (Wildman–Crippen LogP) is 3.34. The third-order valence-corrected chi connectivity index (χ3v) is 5.14. The summed E-state index contributed by atoms with van der Waals surface area (Å²) >= 11 is 7.50. The van der Waals surface area contributed by atoms with Gasteiger partial charge in [0.05, 0.1) is 20.1 Å². The average molecular weight is 340 g/mol. The molecule has 5 nitrogen and oxygen atoms in total. The smallest absolute Gasteiger partial charge is 0.238 e. The van der Waals surface area contributed by atoms with Gasteiger partial charge in [-0.25, -0.2) is 18.5 Å². The van der Waals surface area contributed by atoms with Gasteiger partial charge in [-0.1, -0.05) is 35.1 Å². The van der Waals surface area contributed by atoms with Crippen LogP contribution in [0, 0.1) is 0 Å². The summed E-state index contributed by atoms with van der Waals surface area (Å²) < 4.78 is 23.6. The number of anilines is 2. The van der Waals surface area contributed by atoms with Gasteiger partial charge in [0.15, 0.2) is 5.13 Å². The zero-order valence-corrected chi connectivity index (χ0v) is 13.0. The van der Waals surface area contributed by atoms with Crippen molar-refractivity contribution in [2.24, 2.45) is 5.14 Å². The number of hydrogen-bond acceptors (Lipinski definition) is 5. The Balaban J connectivity index is 1.97. The number of halogens is 1. The molecule has 1 aromatic heterocycles. The Morgan fingerprint density at radius 1 is 1.19 bits per heavy atom. The van der Waals surface area contributed by atoms with Crippen molar-refractivity contribution in [3.05, 3.63) is 47.5 Å². The number of nitrogens with zero attached hydrogens (tertiary/aromatic N) is 1. The lowest BCUT2D eigenvalue weighted by atomic mass is 10.3. The largest absolute Gasteiger partial charge is 0.331 e. The molecule has 0 saturated carbocycles. The van der Waals surface area contributed by atoms with Gasteiger partial charge in [-0.2, -0.15) is 0 Å². The molecular formula is C13H10ClN3O2S2. The summed E-state index contributed by atoms with van der Waals surface area (Å²) in [7, 11) is -3.73. The van der Waals surface area contributed by atoms with Crippen molar-refractivity contribution >= 4 is 54.0 Å². The first-order chi connectivity index (χ1) is 9.93. The second-order valence-corrected chi connectivity index (χ2v) is 7.27. The van der Waals surface area contributed by atoms with Gasteiger partial charge in [0.2, 0.25) is 10.0 Å². The lowest BCUT2D eigenvalue weighted by molar-refractivity contribution is 0.598. The number of sulfonamides is 1. The Hall–Kier alpha value is -1.67. The molecule has 3 aromatic rings. The number of rotatable bonds is 3. The fourth-order valence-corrected chi connectivity index (χ4v) is 3.58. The molecule has 0 aliphatic rings. The normalized spacial score (nSPS) is 11.7. The van der Waals surface area contributed by atoms with Crippen LogP contribution in [0.25, 0.3) is 10.2 Å². The van der Waals surface area contributed by atoms with E-state index in [1.807, 2.05) is 12.1 Å². The molecule has 0 bridgehead atoms. The maximum atomic E-state index is 11.3. The van der Waals surface area contributed by atoms with E-state index in [0.717, 1.165) is 10.2 Å². The minimum absolute atomic E-state index is 0.0478. The van der Waals surface area contributed by atoms with E-state index in [4.69, 9.17) is 16.7 Å². The Labute approximate surface area is 130 Å². The zero-order chi connectivity index (χ0) is 15.0. The van der Waals surface area contributed by atoms with Gasteiger partial charge in [-0.05, 0) is 30.3 Å². The number of thiazole rings is 1. The van der Waals surface area contributed by atoms with Crippen molar-refractivity contribution in [2.75, 3.05) is 5.32 Å². The highest BCUT2D eigenvalue weighted by molar-refractivity contribution is 7.89. The second-order valence-electron chi connectivity index (χ2n) is 4.30. The summed E-state index contributed by atoms with van der Waals surface area (Å²) in [6, 6.07) is 11.7. The molecule has 0 radical (unpaired) electrons. The van der Waals surface area contributed by atoms with E-state index < -0.39 is 10.0 Å². The number of primary sulfonamides is 1. The van der Waals surface area contributed by atoms with E-state index in [9.17, 15) is 8.42 Å².